The van der Waals surface area contributed by atoms with Crippen molar-refractivity contribution in [2.45, 2.75) is 37.7 Å². The van der Waals surface area contributed by atoms with E-state index in [0.717, 1.165) is 12.1 Å². The molecule has 0 saturated heterocycles. The van der Waals surface area contributed by atoms with Gasteiger partial charge in [0.05, 0.1) is 33.1 Å². The maximum absolute atomic E-state index is 13.4. The number of nitrogens with zero attached hydrogens (tertiary/aromatic N) is 2. The topological polar surface area (TPSA) is 17.8 Å². The predicted molar refractivity (Wildman–Crippen MR) is 98.2 cm³/mol. The number of aromatic nitrogens is 2. The van der Waals surface area contributed by atoms with Gasteiger partial charge in [-0.25, -0.2) is 4.98 Å². The van der Waals surface area contributed by atoms with Crippen molar-refractivity contribution in [2.24, 2.45) is 0 Å². The largest absolute Gasteiger partial charge is 0.416 e. The van der Waals surface area contributed by atoms with Gasteiger partial charge in [0.2, 0.25) is 0 Å². The molecule has 1 aromatic heterocycles. The molecule has 0 saturated carbocycles. The fourth-order valence-electron chi connectivity index (χ4n) is 3.93. The van der Waals surface area contributed by atoms with Crippen molar-refractivity contribution in [2.75, 3.05) is 0 Å². The van der Waals surface area contributed by atoms with E-state index < -0.39 is 29.8 Å². The molecule has 0 aliphatic carbocycles. The van der Waals surface area contributed by atoms with Gasteiger partial charge < -0.3 is 4.57 Å². The Balaban J connectivity index is 2.02. The first-order chi connectivity index (χ1) is 13.3. The molecule has 29 heavy (non-hydrogen) atoms. The minimum absolute atomic E-state index is 0.0374. The molecule has 1 unspecified atom stereocenters. The molecule has 4 rings (SSSR count). The SMILES string of the molecule is CC1(CC(F)(F)F)Cn2c(nc3cc(Cl)c(Cl)cc32)-c2ccc(C(F)(F)F)cc21. The minimum atomic E-state index is -4.67. The summed E-state index contributed by atoms with van der Waals surface area (Å²) in [6.45, 7) is 1.11. The lowest BCUT2D eigenvalue weighted by atomic mass is 9.74. The zero-order chi connectivity index (χ0) is 21.4. The van der Waals surface area contributed by atoms with Crippen molar-refractivity contribution in [1.29, 1.82) is 0 Å². The average molecular weight is 453 g/mol. The van der Waals surface area contributed by atoms with Gasteiger partial charge in [-0.3, -0.25) is 0 Å². The van der Waals surface area contributed by atoms with Gasteiger partial charge in [-0.1, -0.05) is 36.2 Å². The highest BCUT2D eigenvalue weighted by Crippen LogP contribution is 2.48. The first-order valence-corrected chi connectivity index (χ1v) is 9.18. The number of halogens is 8. The van der Waals surface area contributed by atoms with E-state index in [0.29, 0.717) is 11.0 Å². The number of fused-ring (bicyclic) bond motifs is 5. The fourth-order valence-corrected chi connectivity index (χ4v) is 4.24. The molecule has 0 spiro atoms. The van der Waals surface area contributed by atoms with Gasteiger partial charge in [0.1, 0.15) is 5.82 Å². The fraction of sp³-hybridized carbons (Fsp3) is 0.316. The van der Waals surface area contributed by atoms with Crippen molar-refractivity contribution in [3.05, 3.63) is 51.5 Å². The molecule has 0 amide bonds. The predicted octanol–water partition coefficient (Wildman–Crippen LogP) is 7.25. The third kappa shape index (κ3) is 3.46. The lowest BCUT2D eigenvalue weighted by Gasteiger charge is -2.38. The van der Waals surface area contributed by atoms with E-state index in [4.69, 9.17) is 23.2 Å². The Kier molecular flexibility index (Phi) is 4.41. The molecular formula is C19H12Cl2F6N2. The molecule has 0 radical (unpaired) electrons. The molecule has 0 fully saturated rings. The van der Waals surface area contributed by atoms with Crippen LogP contribution >= 0.6 is 23.2 Å². The van der Waals surface area contributed by atoms with Crippen molar-refractivity contribution < 1.29 is 26.3 Å². The third-order valence-corrected chi connectivity index (χ3v) is 5.85. The molecule has 2 heterocycles. The zero-order valence-electron chi connectivity index (χ0n) is 14.7. The summed E-state index contributed by atoms with van der Waals surface area (Å²) in [4.78, 5) is 4.41. The molecule has 0 bridgehead atoms. The highest BCUT2D eigenvalue weighted by molar-refractivity contribution is 6.42. The maximum Gasteiger partial charge on any atom is 0.416 e. The van der Waals surface area contributed by atoms with Crippen molar-refractivity contribution in [3.8, 4) is 11.4 Å². The van der Waals surface area contributed by atoms with Crippen molar-refractivity contribution in [3.63, 3.8) is 0 Å². The second-order valence-corrected chi connectivity index (χ2v) is 8.20. The van der Waals surface area contributed by atoms with Crippen LogP contribution < -0.4 is 0 Å². The molecule has 2 nitrogen and oxygen atoms in total. The molecular weight excluding hydrogens is 441 g/mol. The maximum atomic E-state index is 13.4. The third-order valence-electron chi connectivity index (χ3n) is 5.13. The van der Waals surface area contributed by atoms with Crippen LogP contribution in [0.3, 0.4) is 0 Å². The summed E-state index contributed by atoms with van der Waals surface area (Å²) in [6, 6.07) is 5.80. The summed E-state index contributed by atoms with van der Waals surface area (Å²) >= 11 is 12.1. The standard InChI is InChI=1S/C19H12Cl2F6N2/c1-17(7-18(22,23)24)8-29-15-6-13(21)12(20)5-14(15)28-16(29)10-3-2-9(4-11(10)17)19(25,26)27/h2-6H,7-8H2,1H3. The molecule has 10 heteroatoms. The number of alkyl halides is 6. The average Bonchev–Trinajstić information content (AvgIpc) is 2.90. The summed E-state index contributed by atoms with van der Waals surface area (Å²) < 4.78 is 81.3. The van der Waals surface area contributed by atoms with E-state index in [-0.39, 0.29) is 33.5 Å². The van der Waals surface area contributed by atoms with E-state index in [2.05, 4.69) is 4.98 Å². The molecule has 1 aliphatic rings. The smallest absolute Gasteiger partial charge is 0.323 e. The Hall–Kier alpha value is -1.93. The minimum Gasteiger partial charge on any atom is -0.323 e. The van der Waals surface area contributed by atoms with Gasteiger partial charge in [0, 0.05) is 17.5 Å². The summed E-state index contributed by atoms with van der Waals surface area (Å²) in [5, 5.41) is 0.429. The van der Waals surface area contributed by atoms with Gasteiger partial charge in [0.15, 0.2) is 0 Å². The monoisotopic (exact) mass is 452 g/mol. The second-order valence-electron chi connectivity index (χ2n) is 7.39. The highest BCUT2D eigenvalue weighted by atomic mass is 35.5. The molecule has 1 aliphatic heterocycles. The van der Waals surface area contributed by atoms with Gasteiger partial charge >= 0.3 is 12.4 Å². The van der Waals surface area contributed by atoms with Crippen LogP contribution in [0.2, 0.25) is 10.0 Å². The Morgan fingerprint density at radius 1 is 1.03 bits per heavy atom. The Bertz CT molecular complexity index is 1130. The van der Waals surface area contributed by atoms with E-state index in [1.54, 1.807) is 4.57 Å². The zero-order valence-corrected chi connectivity index (χ0v) is 16.2. The van der Waals surface area contributed by atoms with Gasteiger partial charge in [-0.15, -0.1) is 0 Å². The van der Waals surface area contributed by atoms with Gasteiger partial charge in [-0.2, -0.15) is 26.3 Å². The van der Waals surface area contributed by atoms with Crippen LogP contribution in [0.15, 0.2) is 30.3 Å². The van der Waals surface area contributed by atoms with Gasteiger partial charge in [-0.05, 0) is 29.8 Å². The van der Waals surface area contributed by atoms with Crippen LogP contribution in [0.1, 0.15) is 24.5 Å². The highest BCUT2D eigenvalue weighted by Gasteiger charge is 2.46. The van der Waals surface area contributed by atoms with Crippen molar-refractivity contribution in [1.82, 2.24) is 9.55 Å². The number of hydrogen-bond acceptors (Lipinski definition) is 1. The van der Waals surface area contributed by atoms with E-state index >= 15 is 0 Å². The van der Waals surface area contributed by atoms with Crippen LogP contribution in [0, 0.1) is 0 Å². The van der Waals surface area contributed by atoms with Crippen molar-refractivity contribution >= 4 is 34.2 Å². The van der Waals surface area contributed by atoms with Crippen LogP contribution in [0.5, 0.6) is 0 Å². The Labute approximate surface area is 171 Å². The number of imidazole rings is 1. The number of benzene rings is 2. The number of hydrogen-bond donors (Lipinski definition) is 0. The van der Waals surface area contributed by atoms with Crippen LogP contribution in [-0.2, 0) is 18.1 Å². The summed E-state index contributed by atoms with van der Waals surface area (Å²) in [5.41, 5.74) is -1.57. The first kappa shape index (κ1) is 20.3. The summed E-state index contributed by atoms with van der Waals surface area (Å²) in [5.74, 6) is 0.279. The second kappa shape index (κ2) is 6.28. The lowest BCUT2D eigenvalue weighted by Crippen LogP contribution is -2.37. The molecule has 2 aromatic carbocycles. The Morgan fingerprint density at radius 3 is 2.31 bits per heavy atom. The normalized spacial score (nSPS) is 19.3. The summed E-state index contributed by atoms with van der Waals surface area (Å²) in [7, 11) is 0. The van der Waals surface area contributed by atoms with E-state index in [9.17, 15) is 26.3 Å². The van der Waals surface area contributed by atoms with Crippen LogP contribution in [-0.4, -0.2) is 15.7 Å². The molecule has 0 N–H and O–H groups in total. The first-order valence-electron chi connectivity index (χ1n) is 8.43. The van der Waals surface area contributed by atoms with E-state index in [1.165, 1.54) is 25.1 Å². The van der Waals surface area contributed by atoms with Crippen LogP contribution in [0.25, 0.3) is 22.4 Å². The number of rotatable bonds is 1. The van der Waals surface area contributed by atoms with E-state index in [1.807, 2.05) is 0 Å². The molecule has 1 atom stereocenters. The summed E-state index contributed by atoms with van der Waals surface area (Å²) in [6.07, 6.45) is -10.5. The molecule has 154 valence electrons. The van der Waals surface area contributed by atoms with Gasteiger partial charge in [0.25, 0.3) is 0 Å². The Morgan fingerprint density at radius 2 is 1.69 bits per heavy atom. The molecule has 3 aromatic rings. The quantitative estimate of drug-likeness (QED) is 0.355. The lowest BCUT2D eigenvalue weighted by molar-refractivity contribution is -0.148. The van der Waals surface area contributed by atoms with Crippen LogP contribution in [0.4, 0.5) is 26.3 Å².